The second-order valence-corrected chi connectivity index (χ2v) is 6.24. The molecular weight excluding hydrogens is 304 g/mol. The largest absolute Gasteiger partial charge is 0.494 e. The van der Waals surface area contributed by atoms with Gasteiger partial charge >= 0.3 is 0 Å². The summed E-state index contributed by atoms with van der Waals surface area (Å²) in [6, 6.07) is 8.07. The summed E-state index contributed by atoms with van der Waals surface area (Å²) in [5.74, 6) is 0.872. The van der Waals surface area contributed by atoms with Gasteiger partial charge in [-0.1, -0.05) is 0 Å². The summed E-state index contributed by atoms with van der Waals surface area (Å²) in [5, 5.41) is 7.86. The summed E-state index contributed by atoms with van der Waals surface area (Å²) >= 11 is 0. The Morgan fingerprint density at radius 1 is 1.33 bits per heavy atom. The smallest absolute Gasteiger partial charge is 0.227 e. The maximum absolute atomic E-state index is 12.0. The molecule has 1 aromatic carbocycles. The molecule has 1 atom stereocenters. The molecule has 1 aliphatic rings. The number of ether oxygens (including phenoxy) is 1. The molecule has 1 amide bonds. The van der Waals surface area contributed by atoms with Crippen molar-refractivity contribution in [2.24, 2.45) is 7.05 Å². The molecule has 1 aliphatic heterocycles. The number of rotatable bonds is 5. The number of nitrogens with one attached hydrogen (secondary N) is 1. The highest BCUT2D eigenvalue weighted by molar-refractivity contribution is 5.97. The minimum atomic E-state index is 0.111. The molecule has 128 valence electrons. The van der Waals surface area contributed by atoms with Crippen LogP contribution in [0.1, 0.15) is 37.2 Å². The standard InChI is InChI=1S/C18H24N4O2/c1-12-10-16(21(3)20-12)13(2)19-14-7-8-15(17(11-14)24-4)22-9-5-6-18(22)23/h7-8,10-11,13,19H,5-6,9H2,1-4H3. The highest BCUT2D eigenvalue weighted by Gasteiger charge is 2.24. The summed E-state index contributed by atoms with van der Waals surface area (Å²) in [5.41, 5.74) is 3.91. The van der Waals surface area contributed by atoms with Gasteiger partial charge in [-0.25, -0.2) is 0 Å². The molecule has 0 aliphatic carbocycles. The minimum Gasteiger partial charge on any atom is -0.494 e. The van der Waals surface area contributed by atoms with Gasteiger partial charge < -0.3 is 15.0 Å². The first-order valence-corrected chi connectivity index (χ1v) is 8.25. The molecule has 0 saturated carbocycles. The Kier molecular flexibility index (Phi) is 4.46. The molecule has 6 nitrogen and oxygen atoms in total. The van der Waals surface area contributed by atoms with E-state index in [4.69, 9.17) is 4.74 Å². The highest BCUT2D eigenvalue weighted by Crippen LogP contribution is 2.34. The van der Waals surface area contributed by atoms with E-state index < -0.39 is 0 Å². The van der Waals surface area contributed by atoms with Crippen molar-refractivity contribution >= 4 is 17.3 Å². The summed E-state index contributed by atoms with van der Waals surface area (Å²) in [4.78, 5) is 13.8. The van der Waals surface area contributed by atoms with Gasteiger partial charge in [0.1, 0.15) is 5.75 Å². The molecule has 1 aromatic heterocycles. The minimum absolute atomic E-state index is 0.111. The number of benzene rings is 1. The van der Waals surface area contributed by atoms with Crippen molar-refractivity contribution in [2.75, 3.05) is 23.9 Å². The lowest BCUT2D eigenvalue weighted by atomic mass is 10.2. The van der Waals surface area contributed by atoms with Crippen molar-refractivity contribution in [3.05, 3.63) is 35.7 Å². The Bertz CT molecular complexity index is 753. The summed E-state index contributed by atoms with van der Waals surface area (Å²) < 4.78 is 7.40. The van der Waals surface area contributed by atoms with Gasteiger partial charge in [0.15, 0.2) is 0 Å². The predicted octanol–water partition coefficient (Wildman–Crippen LogP) is 3.04. The molecule has 1 unspecified atom stereocenters. The third kappa shape index (κ3) is 3.09. The van der Waals surface area contributed by atoms with Gasteiger partial charge in [-0.05, 0) is 38.5 Å². The van der Waals surface area contributed by atoms with Crippen LogP contribution in [0, 0.1) is 6.92 Å². The van der Waals surface area contributed by atoms with Crippen LogP contribution < -0.4 is 15.0 Å². The fourth-order valence-corrected chi connectivity index (χ4v) is 3.25. The number of carbonyl (C=O) groups is 1. The normalized spacial score (nSPS) is 15.7. The second-order valence-electron chi connectivity index (χ2n) is 6.24. The van der Waals surface area contributed by atoms with Crippen molar-refractivity contribution in [3.63, 3.8) is 0 Å². The Morgan fingerprint density at radius 2 is 2.12 bits per heavy atom. The lowest BCUT2D eigenvalue weighted by molar-refractivity contribution is -0.117. The van der Waals surface area contributed by atoms with Crippen LogP contribution in [0.5, 0.6) is 5.75 Å². The number of aryl methyl sites for hydroxylation is 2. The summed E-state index contributed by atoms with van der Waals surface area (Å²) in [7, 11) is 3.58. The SMILES string of the molecule is COc1cc(NC(C)c2cc(C)nn2C)ccc1N1CCCC1=O. The molecule has 1 fully saturated rings. The monoisotopic (exact) mass is 328 g/mol. The average molecular weight is 328 g/mol. The number of aromatic nitrogens is 2. The van der Waals surface area contributed by atoms with Crippen LogP contribution in [0.4, 0.5) is 11.4 Å². The van der Waals surface area contributed by atoms with Gasteiger partial charge in [-0.3, -0.25) is 9.48 Å². The van der Waals surface area contributed by atoms with E-state index in [1.54, 1.807) is 12.0 Å². The molecule has 24 heavy (non-hydrogen) atoms. The van der Waals surface area contributed by atoms with Gasteiger partial charge in [0.05, 0.1) is 30.2 Å². The predicted molar refractivity (Wildman–Crippen MR) is 94.6 cm³/mol. The third-order valence-electron chi connectivity index (χ3n) is 4.41. The molecule has 0 bridgehead atoms. The first-order chi connectivity index (χ1) is 11.5. The van der Waals surface area contributed by atoms with Crippen molar-refractivity contribution in [2.45, 2.75) is 32.7 Å². The Morgan fingerprint density at radius 3 is 2.71 bits per heavy atom. The number of hydrogen-bond donors (Lipinski definition) is 1. The number of hydrogen-bond acceptors (Lipinski definition) is 4. The molecule has 2 heterocycles. The van der Waals surface area contributed by atoms with Crippen LogP contribution >= 0.6 is 0 Å². The van der Waals surface area contributed by atoms with E-state index >= 15 is 0 Å². The zero-order chi connectivity index (χ0) is 17.3. The summed E-state index contributed by atoms with van der Waals surface area (Å²) in [6.07, 6.45) is 1.51. The van der Waals surface area contributed by atoms with Crippen molar-refractivity contribution in [1.82, 2.24) is 9.78 Å². The number of anilines is 2. The van der Waals surface area contributed by atoms with E-state index in [-0.39, 0.29) is 11.9 Å². The van der Waals surface area contributed by atoms with Crippen molar-refractivity contribution in [3.8, 4) is 5.75 Å². The first kappa shape index (κ1) is 16.4. The molecule has 3 rings (SSSR count). The molecular formula is C18H24N4O2. The van der Waals surface area contributed by atoms with E-state index in [0.717, 1.165) is 35.7 Å². The lowest BCUT2D eigenvalue weighted by Crippen LogP contribution is -2.24. The van der Waals surface area contributed by atoms with E-state index in [0.29, 0.717) is 12.2 Å². The number of nitrogens with zero attached hydrogens (tertiary/aromatic N) is 3. The van der Waals surface area contributed by atoms with Crippen LogP contribution in [-0.4, -0.2) is 29.3 Å². The molecule has 0 radical (unpaired) electrons. The number of methoxy groups -OCH3 is 1. The Hall–Kier alpha value is -2.50. The Labute approximate surface area is 142 Å². The topological polar surface area (TPSA) is 59.4 Å². The zero-order valence-electron chi connectivity index (χ0n) is 14.7. The maximum Gasteiger partial charge on any atom is 0.227 e. The first-order valence-electron chi connectivity index (χ1n) is 8.25. The molecule has 0 spiro atoms. The van der Waals surface area contributed by atoms with Crippen LogP contribution in [0.2, 0.25) is 0 Å². The van der Waals surface area contributed by atoms with Crippen LogP contribution in [0.25, 0.3) is 0 Å². The van der Waals surface area contributed by atoms with E-state index in [9.17, 15) is 4.79 Å². The number of amides is 1. The van der Waals surface area contributed by atoms with Crippen LogP contribution in [-0.2, 0) is 11.8 Å². The van der Waals surface area contributed by atoms with E-state index in [1.165, 1.54) is 0 Å². The Balaban J connectivity index is 1.82. The average Bonchev–Trinajstić information content (AvgIpc) is 3.12. The quantitative estimate of drug-likeness (QED) is 0.916. The van der Waals surface area contributed by atoms with Gasteiger partial charge in [0.2, 0.25) is 5.91 Å². The summed E-state index contributed by atoms with van der Waals surface area (Å²) in [6.45, 7) is 4.84. The molecule has 6 heteroatoms. The van der Waals surface area contributed by atoms with Gasteiger partial charge in [0, 0.05) is 31.8 Å². The number of carbonyl (C=O) groups excluding carboxylic acids is 1. The molecule has 1 N–H and O–H groups in total. The fourth-order valence-electron chi connectivity index (χ4n) is 3.25. The van der Waals surface area contributed by atoms with E-state index in [2.05, 4.69) is 23.4 Å². The molecule has 1 saturated heterocycles. The molecule has 2 aromatic rings. The second kappa shape index (κ2) is 6.55. The van der Waals surface area contributed by atoms with Gasteiger partial charge in [-0.15, -0.1) is 0 Å². The van der Waals surface area contributed by atoms with Crippen LogP contribution in [0.15, 0.2) is 24.3 Å². The fraction of sp³-hybridized carbons (Fsp3) is 0.444. The highest BCUT2D eigenvalue weighted by atomic mass is 16.5. The maximum atomic E-state index is 12.0. The third-order valence-corrected chi connectivity index (χ3v) is 4.41. The lowest BCUT2D eigenvalue weighted by Gasteiger charge is -2.21. The van der Waals surface area contributed by atoms with Crippen molar-refractivity contribution in [1.29, 1.82) is 0 Å². The van der Waals surface area contributed by atoms with E-state index in [1.807, 2.05) is 36.9 Å². The van der Waals surface area contributed by atoms with Crippen LogP contribution in [0.3, 0.4) is 0 Å². The van der Waals surface area contributed by atoms with Gasteiger partial charge in [0.25, 0.3) is 0 Å². The van der Waals surface area contributed by atoms with Crippen molar-refractivity contribution < 1.29 is 9.53 Å². The zero-order valence-corrected chi connectivity index (χ0v) is 14.7. The van der Waals surface area contributed by atoms with Gasteiger partial charge in [-0.2, -0.15) is 5.10 Å².